The van der Waals surface area contributed by atoms with E-state index < -0.39 is 6.09 Å². The van der Waals surface area contributed by atoms with Crippen LogP contribution in [0.5, 0.6) is 0 Å². The Kier molecular flexibility index (Phi) is 7.90. The molecule has 0 atom stereocenters. The van der Waals surface area contributed by atoms with Gasteiger partial charge in [-0.1, -0.05) is 24.3 Å². The summed E-state index contributed by atoms with van der Waals surface area (Å²) in [6.45, 7) is 4.02. The maximum atomic E-state index is 11.1. The molecular formula is C11H14ClIN2O2. The molecular weight excluding hydrogens is 354 g/mol. The minimum absolute atomic E-state index is 0. The van der Waals surface area contributed by atoms with Crippen LogP contribution in [0.25, 0.3) is 0 Å². The van der Waals surface area contributed by atoms with E-state index in [0.717, 1.165) is 5.69 Å². The second-order valence-corrected chi connectivity index (χ2v) is 3.62. The number of alkyl carbamates (subject to hydrolysis) is 1. The fourth-order valence-corrected chi connectivity index (χ4v) is 1.29. The van der Waals surface area contributed by atoms with Crippen LogP contribution < -0.4 is 33.9 Å². The van der Waals surface area contributed by atoms with Crippen LogP contribution in [-0.4, -0.2) is 12.7 Å². The Morgan fingerprint density at radius 1 is 1.71 bits per heavy atom. The molecule has 1 rings (SSSR count). The van der Waals surface area contributed by atoms with Gasteiger partial charge >= 0.3 is 6.09 Å². The maximum Gasteiger partial charge on any atom is 0.407 e. The molecule has 0 saturated carbocycles. The number of carbonyl (C=O) groups excluding carboxylic acids is 1. The number of carbonyl (C=O) groups is 1. The number of hydrogen-bond acceptors (Lipinski definition) is 2. The fourth-order valence-electron chi connectivity index (χ4n) is 1.11. The molecule has 0 aliphatic rings. The predicted octanol–water partition coefficient (Wildman–Crippen LogP) is -1.42. The highest BCUT2D eigenvalue weighted by Crippen LogP contribution is 2.06. The van der Waals surface area contributed by atoms with Crippen LogP contribution in [0.1, 0.15) is 5.69 Å². The lowest BCUT2D eigenvalue weighted by Crippen LogP contribution is -3.00. The van der Waals surface area contributed by atoms with E-state index >= 15 is 0 Å². The molecule has 0 aromatic carbocycles. The summed E-state index contributed by atoms with van der Waals surface area (Å²) in [5.41, 5.74) is 0.892. The molecule has 17 heavy (non-hydrogen) atoms. The molecule has 1 heterocycles. The fraction of sp³-hybridized carbons (Fsp3) is 0.273. The van der Waals surface area contributed by atoms with Crippen molar-refractivity contribution in [2.24, 2.45) is 7.05 Å². The second-order valence-electron chi connectivity index (χ2n) is 3.19. The number of pyridine rings is 1. The predicted molar refractivity (Wildman–Crippen MR) is 61.0 cm³/mol. The minimum Gasteiger partial charge on any atom is -1.00 e. The number of ether oxygens (including phenoxy) is 1. The molecule has 0 saturated heterocycles. The highest BCUT2D eigenvalue weighted by Gasteiger charge is 2.09. The molecule has 94 valence electrons. The Bertz CT molecular complexity index is 399. The molecule has 6 heteroatoms. The third kappa shape index (κ3) is 5.88. The van der Waals surface area contributed by atoms with Crippen LogP contribution in [0, 0.1) is 0 Å². The molecule has 0 unspecified atom stereocenters. The molecule has 1 aromatic rings. The summed E-state index contributed by atoms with van der Waals surface area (Å²) in [5.74, 6) is 0. The van der Waals surface area contributed by atoms with Gasteiger partial charge in [0.1, 0.15) is 20.2 Å². The molecule has 0 radical (unpaired) electrons. The maximum absolute atomic E-state index is 11.1. The van der Waals surface area contributed by atoms with Crippen LogP contribution in [0.4, 0.5) is 4.79 Å². The smallest absolute Gasteiger partial charge is 0.407 e. The van der Waals surface area contributed by atoms with E-state index in [1.54, 1.807) is 12.1 Å². The zero-order valence-electron chi connectivity index (χ0n) is 9.45. The number of aromatic nitrogens is 1. The van der Waals surface area contributed by atoms with Gasteiger partial charge in [-0.05, 0) is 0 Å². The molecule has 1 amide bonds. The van der Waals surface area contributed by atoms with Crippen molar-refractivity contribution in [3.05, 3.63) is 41.7 Å². The Hall–Kier alpha value is -0.820. The van der Waals surface area contributed by atoms with Crippen LogP contribution in [0.3, 0.4) is 0 Å². The van der Waals surface area contributed by atoms with E-state index in [2.05, 4.69) is 11.9 Å². The van der Waals surface area contributed by atoms with Gasteiger partial charge in [-0.15, -0.1) is 0 Å². The first kappa shape index (κ1) is 16.2. The average Bonchev–Trinajstić information content (AvgIpc) is 2.27. The summed E-state index contributed by atoms with van der Waals surface area (Å²) in [7, 11) is 1.88. The van der Waals surface area contributed by atoms with E-state index in [1.807, 2.05) is 17.8 Å². The third-order valence-electron chi connectivity index (χ3n) is 1.96. The van der Waals surface area contributed by atoms with E-state index in [-0.39, 0.29) is 30.6 Å². The first-order valence-corrected chi connectivity index (χ1v) is 5.17. The first-order valence-electron chi connectivity index (χ1n) is 4.79. The summed E-state index contributed by atoms with van der Waals surface area (Å²) in [4.78, 5) is 11.1. The summed E-state index contributed by atoms with van der Waals surface area (Å²) < 4.78 is 6.65. The van der Waals surface area contributed by atoms with Gasteiger partial charge in [0.2, 0.25) is 5.69 Å². The van der Waals surface area contributed by atoms with Gasteiger partial charge in [-0.25, -0.2) is 9.36 Å². The van der Waals surface area contributed by atoms with E-state index in [0.29, 0.717) is 11.6 Å². The van der Waals surface area contributed by atoms with Crippen molar-refractivity contribution in [1.29, 1.82) is 0 Å². The lowest BCUT2D eigenvalue weighted by Gasteiger charge is -2.04. The summed E-state index contributed by atoms with van der Waals surface area (Å²) in [6, 6.07) is 3.57. The number of halogens is 2. The van der Waals surface area contributed by atoms with Gasteiger partial charge in [-0.3, -0.25) is 0 Å². The van der Waals surface area contributed by atoms with E-state index in [9.17, 15) is 4.79 Å². The zero-order chi connectivity index (χ0) is 12.0. The summed E-state index contributed by atoms with van der Waals surface area (Å²) in [6.07, 6.45) is 2.87. The molecule has 4 nitrogen and oxygen atoms in total. The Balaban J connectivity index is 0.00000256. The van der Waals surface area contributed by atoms with Crippen molar-refractivity contribution in [1.82, 2.24) is 5.32 Å². The molecule has 0 fully saturated rings. The van der Waals surface area contributed by atoms with Crippen molar-refractivity contribution in [3.63, 3.8) is 0 Å². The monoisotopic (exact) mass is 368 g/mol. The zero-order valence-corrected chi connectivity index (χ0v) is 12.4. The largest absolute Gasteiger partial charge is 1.00 e. The number of hydrogen-bond donors (Lipinski definition) is 1. The van der Waals surface area contributed by atoms with Gasteiger partial charge in [0.15, 0.2) is 6.20 Å². The van der Waals surface area contributed by atoms with Crippen LogP contribution >= 0.6 is 11.6 Å². The SMILES string of the molecule is C=CCOC(=O)NCc1cc(Cl)cc[n+]1C.[I-]. The highest BCUT2D eigenvalue weighted by atomic mass is 127. The molecule has 0 aliphatic heterocycles. The summed E-state index contributed by atoms with van der Waals surface area (Å²) >= 11 is 5.85. The molecule has 0 aliphatic carbocycles. The molecule has 1 aromatic heterocycles. The number of rotatable bonds is 4. The lowest BCUT2D eigenvalue weighted by atomic mass is 10.3. The van der Waals surface area contributed by atoms with Crippen molar-refractivity contribution in [2.45, 2.75) is 6.54 Å². The van der Waals surface area contributed by atoms with Gasteiger partial charge in [0.25, 0.3) is 0 Å². The van der Waals surface area contributed by atoms with Crippen molar-refractivity contribution >= 4 is 17.7 Å². The van der Waals surface area contributed by atoms with Crippen LogP contribution in [0.15, 0.2) is 31.0 Å². The standard InChI is InChI=1S/C11H13ClN2O2.HI/c1-3-6-16-11(15)13-8-10-7-9(12)4-5-14(10)2;/h3-5,7H,1,6,8H2,2H3;1H. The molecule has 0 spiro atoms. The van der Waals surface area contributed by atoms with Gasteiger partial charge in [0.05, 0.1) is 5.02 Å². The number of amides is 1. The molecule has 1 N–H and O–H groups in total. The summed E-state index contributed by atoms with van der Waals surface area (Å²) in [5, 5.41) is 3.25. The van der Waals surface area contributed by atoms with Gasteiger partial charge < -0.3 is 34.0 Å². The van der Waals surface area contributed by atoms with Crippen molar-refractivity contribution < 1.29 is 38.1 Å². The van der Waals surface area contributed by atoms with Gasteiger partial charge in [0, 0.05) is 12.1 Å². The third-order valence-corrected chi connectivity index (χ3v) is 2.20. The Labute approximate surface area is 123 Å². The Morgan fingerprint density at radius 3 is 3.06 bits per heavy atom. The Morgan fingerprint density at radius 2 is 2.41 bits per heavy atom. The lowest BCUT2D eigenvalue weighted by molar-refractivity contribution is -0.679. The highest BCUT2D eigenvalue weighted by molar-refractivity contribution is 6.30. The van der Waals surface area contributed by atoms with Crippen molar-refractivity contribution in [3.8, 4) is 0 Å². The quantitative estimate of drug-likeness (QED) is 0.403. The normalized spacial score (nSPS) is 9.06. The minimum atomic E-state index is -0.472. The van der Waals surface area contributed by atoms with Crippen LogP contribution in [0.2, 0.25) is 5.02 Å². The number of aryl methyl sites for hydroxylation is 1. The first-order chi connectivity index (χ1) is 7.63. The van der Waals surface area contributed by atoms with Gasteiger partial charge in [-0.2, -0.15) is 0 Å². The average molecular weight is 369 g/mol. The number of nitrogens with one attached hydrogen (secondary N) is 1. The van der Waals surface area contributed by atoms with E-state index in [1.165, 1.54) is 6.08 Å². The number of nitrogens with zero attached hydrogens (tertiary/aromatic N) is 1. The second kappa shape index (κ2) is 8.30. The van der Waals surface area contributed by atoms with Crippen LogP contribution in [-0.2, 0) is 18.3 Å². The topological polar surface area (TPSA) is 42.2 Å². The molecule has 0 bridgehead atoms. The van der Waals surface area contributed by atoms with E-state index in [4.69, 9.17) is 16.3 Å². The van der Waals surface area contributed by atoms with Crippen molar-refractivity contribution in [2.75, 3.05) is 6.61 Å².